The van der Waals surface area contributed by atoms with E-state index in [2.05, 4.69) is 4.98 Å². The number of ether oxygens (including phenoxy) is 2. The lowest BCUT2D eigenvalue weighted by molar-refractivity contribution is -0.137. The van der Waals surface area contributed by atoms with Crippen LogP contribution >= 0.6 is 0 Å². The molecule has 2 saturated heterocycles. The molecule has 164 valence electrons. The van der Waals surface area contributed by atoms with Gasteiger partial charge in [0.1, 0.15) is 17.6 Å². The first-order valence-electron chi connectivity index (χ1n) is 10.9. The number of carbonyl (C=O) groups excluding carboxylic acids is 2. The zero-order valence-corrected chi connectivity index (χ0v) is 17.9. The molecule has 2 aromatic rings. The molecule has 2 amide bonds. The second-order valence-corrected chi connectivity index (χ2v) is 8.17. The highest BCUT2D eigenvalue weighted by Gasteiger charge is 2.37. The first-order chi connectivity index (χ1) is 15.1. The summed E-state index contributed by atoms with van der Waals surface area (Å²) in [7, 11) is 1.64. The van der Waals surface area contributed by atoms with Crippen LogP contribution in [0.5, 0.6) is 11.5 Å². The van der Waals surface area contributed by atoms with Gasteiger partial charge in [-0.1, -0.05) is 12.1 Å². The Kier molecular flexibility index (Phi) is 6.70. The van der Waals surface area contributed by atoms with Crippen molar-refractivity contribution < 1.29 is 19.1 Å². The molecule has 2 aliphatic heterocycles. The SMILES string of the molecule is COc1ccc(CCN2CC(C(=O)N3CCC(Oc4cccnc4)CC3)CC2=O)cc1. The van der Waals surface area contributed by atoms with Crippen molar-refractivity contribution in [3.8, 4) is 11.5 Å². The zero-order chi connectivity index (χ0) is 21.6. The van der Waals surface area contributed by atoms with Gasteiger partial charge in [0, 0.05) is 51.6 Å². The molecule has 3 heterocycles. The molecular weight excluding hydrogens is 394 g/mol. The van der Waals surface area contributed by atoms with Gasteiger partial charge in [0.25, 0.3) is 0 Å². The molecule has 31 heavy (non-hydrogen) atoms. The van der Waals surface area contributed by atoms with E-state index in [9.17, 15) is 9.59 Å². The average Bonchev–Trinajstić information content (AvgIpc) is 3.19. The Hall–Kier alpha value is -3.09. The van der Waals surface area contributed by atoms with Gasteiger partial charge in [-0.2, -0.15) is 0 Å². The van der Waals surface area contributed by atoms with Gasteiger partial charge < -0.3 is 19.3 Å². The maximum Gasteiger partial charge on any atom is 0.227 e. The highest BCUT2D eigenvalue weighted by Crippen LogP contribution is 2.24. The number of likely N-dealkylation sites (tertiary alicyclic amines) is 2. The summed E-state index contributed by atoms with van der Waals surface area (Å²) in [5.74, 6) is 1.52. The van der Waals surface area contributed by atoms with E-state index in [0.29, 0.717) is 32.6 Å². The number of aromatic nitrogens is 1. The monoisotopic (exact) mass is 423 g/mol. The van der Waals surface area contributed by atoms with Crippen LogP contribution in [0.4, 0.5) is 0 Å². The first kappa shape index (κ1) is 21.2. The number of rotatable bonds is 7. The molecule has 0 aliphatic carbocycles. The van der Waals surface area contributed by atoms with Gasteiger partial charge >= 0.3 is 0 Å². The van der Waals surface area contributed by atoms with Crippen LogP contribution in [0.15, 0.2) is 48.8 Å². The first-order valence-corrected chi connectivity index (χ1v) is 10.9. The normalized spacial score (nSPS) is 19.5. The third-order valence-corrected chi connectivity index (χ3v) is 6.08. The van der Waals surface area contributed by atoms with Crippen molar-refractivity contribution in [1.29, 1.82) is 0 Å². The van der Waals surface area contributed by atoms with Gasteiger partial charge in [0.15, 0.2) is 0 Å². The van der Waals surface area contributed by atoms with Crippen LogP contribution in [0.1, 0.15) is 24.8 Å². The van der Waals surface area contributed by atoms with E-state index in [1.165, 1.54) is 0 Å². The molecule has 0 saturated carbocycles. The fourth-order valence-corrected chi connectivity index (χ4v) is 4.27. The molecular formula is C24H29N3O4. The number of hydrogen-bond donors (Lipinski definition) is 0. The van der Waals surface area contributed by atoms with Crippen molar-refractivity contribution in [3.05, 3.63) is 54.4 Å². The Labute approximate surface area is 183 Å². The summed E-state index contributed by atoms with van der Waals surface area (Å²) in [5.41, 5.74) is 1.15. The number of nitrogens with zero attached hydrogens (tertiary/aromatic N) is 3. The van der Waals surface area contributed by atoms with Crippen LogP contribution in [0, 0.1) is 5.92 Å². The fourth-order valence-electron chi connectivity index (χ4n) is 4.27. The third kappa shape index (κ3) is 5.34. The van der Waals surface area contributed by atoms with Gasteiger partial charge in [-0.05, 0) is 36.2 Å². The summed E-state index contributed by atoms with van der Waals surface area (Å²) in [4.78, 5) is 33.2. The molecule has 2 fully saturated rings. The standard InChI is InChI=1S/C24H29N3O4/c1-30-20-6-4-18(5-7-20)8-12-27-17-19(15-23(27)28)24(29)26-13-9-21(10-14-26)31-22-3-2-11-25-16-22/h2-7,11,16,19,21H,8-10,12-15,17H2,1H3. The molecule has 7 nitrogen and oxygen atoms in total. The van der Waals surface area contributed by atoms with Crippen molar-refractivity contribution in [3.63, 3.8) is 0 Å². The molecule has 1 unspecified atom stereocenters. The summed E-state index contributed by atoms with van der Waals surface area (Å²) in [6.07, 6.45) is 6.20. The maximum absolute atomic E-state index is 13.0. The summed E-state index contributed by atoms with van der Waals surface area (Å²) >= 11 is 0. The summed E-state index contributed by atoms with van der Waals surface area (Å²) in [5, 5.41) is 0. The Morgan fingerprint density at radius 2 is 1.90 bits per heavy atom. The Bertz CT molecular complexity index is 879. The van der Waals surface area contributed by atoms with E-state index in [0.717, 1.165) is 36.3 Å². The molecule has 7 heteroatoms. The second-order valence-electron chi connectivity index (χ2n) is 8.17. The van der Waals surface area contributed by atoms with Crippen LogP contribution in [0.2, 0.25) is 0 Å². The predicted molar refractivity (Wildman–Crippen MR) is 116 cm³/mol. The van der Waals surface area contributed by atoms with Gasteiger partial charge in [-0.3, -0.25) is 14.6 Å². The highest BCUT2D eigenvalue weighted by molar-refractivity contribution is 5.89. The van der Waals surface area contributed by atoms with E-state index in [-0.39, 0.29) is 23.8 Å². The fraction of sp³-hybridized carbons (Fsp3) is 0.458. The maximum atomic E-state index is 13.0. The summed E-state index contributed by atoms with van der Waals surface area (Å²) in [6, 6.07) is 11.6. The largest absolute Gasteiger partial charge is 0.497 e. The van der Waals surface area contributed by atoms with Crippen molar-refractivity contribution in [2.24, 2.45) is 5.92 Å². The van der Waals surface area contributed by atoms with E-state index in [1.807, 2.05) is 46.2 Å². The zero-order valence-electron chi connectivity index (χ0n) is 17.9. The number of amides is 2. The van der Waals surface area contributed by atoms with E-state index < -0.39 is 0 Å². The van der Waals surface area contributed by atoms with Gasteiger partial charge in [0.2, 0.25) is 11.8 Å². The Morgan fingerprint density at radius 1 is 1.13 bits per heavy atom. The van der Waals surface area contributed by atoms with E-state index in [4.69, 9.17) is 9.47 Å². The van der Waals surface area contributed by atoms with Crippen molar-refractivity contribution in [2.75, 3.05) is 33.3 Å². The smallest absolute Gasteiger partial charge is 0.227 e. The molecule has 0 radical (unpaired) electrons. The minimum absolute atomic E-state index is 0.0710. The number of carbonyl (C=O) groups is 2. The van der Waals surface area contributed by atoms with Gasteiger partial charge in [-0.15, -0.1) is 0 Å². The molecule has 1 atom stereocenters. The topological polar surface area (TPSA) is 72.0 Å². The lowest BCUT2D eigenvalue weighted by Crippen LogP contribution is -2.44. The Balaban J connectivity index is 1.23. The molecule has 0 bridgehead atoms. The number of methoxy groups -OCH3 is 1. The lowest BCUT2D eigenvalue weighted by Gasteiger charge is -2.33. The van der Waals surface area contributed by atoms with Crippen LogP contribution in [0.25, 0.3) is 0 Å². The predicted octanol–water partition coefficient (Wildman–Crippen LogP) is 2.55. The number of benzene rings is 1. The number of pyridine rings is 1. The molecule has 1 aromatic heterocycles. The van der Waals surface area contributed by atoms with Gasteiger partial charge in [-0.25, -0.2) is 0 Å². The van der Waals surface area contributed by atoms with Crippen molar-refractivity contribution >= 4 is 11.8 Å². The van der Waals surface area contributed by atoms with Gasteiger partial charge in [0.05, 0.1) is 19.2 Å². The summed E-state index contributed by atoms with van der Waals surface area (Å²) < 4.78 is 11.1. The van der Waals surface area contributed by atoms with Crippen LogP contribution in [0.3, 0.4) is 0 Å². The number of hydrogen-bond acceptors (Lipinski definition) is 5. The van der Waals surface area contributed by atoms with Crippen molar-refractivity contribution in [1.82, 2.24) is 14.8 Å². The molecule has 4 rings (SSSR count). The quantitative estimate of drug-likeness (QED) is 0.684. The third-order valence-electron chi connectivity index (χ3n) is 6.08. The van der Waals surface area contributed by atoms with Crippen LogP contribution in [-0.4, -0.2) is 66.0 Å². The van der Waals surface area contributed by atoms with Crippen molar-refractivity contribution in [2.45, 2.75) is 31.8 Å². The number of piperidine rings is 1. The average molecular weight is 424 g/mol. The Morgan fingerprint density at radius 3 is 2.58 bits per heavy atom. The minimum atomic E-state index is -0.237. The lowest BCUT2D eigenvalue weighted by atomic mass is 10.0. The van der Waals surface area contributed by atoms with Crippen LogP contribution in [-0.2, 0) is 16.0 Å². The van der Waals surface area contributed by atoms with E-state index in [1.54, 1.807) is 19.5 Å². The minimum Gasteiger partial charge on any atom is -0.497 e. The molecule has 0 N–H and O–H groups in total. The highest BCUT2D eigenvalue weighted by atomic mass is 16.5. The molecule has 1 aromatic carbocycles. The molecule has 2 aliphatic rings. The van der Waals surface area contributed by atoms with Crippen LogP contribution < -0.4 is 9.47 Å². The van der Waals surface area contributed by atoms with E-state index >= 15 is 0 Å². The second kappa shape index (κ2) is 9.81. The molecule has 0 spiro atoms. The summed E-state index contributed by atoms with van der Waals surface area (Å²) in [6.45, 7) is 2.48.